The van der Waals surface area contributed by atoms with Crippen LogP contribution in [-0.4, -0.2) is 31.0 Å². The molecule has 0 heterocycles. The molecule has 0 spiro atoms. The van der Waals surface area contributed by atoms with Crippen LogP contribution in [0.1, 0.15) is 22.8 Å². The maximum Gasteiger partial charge on any atom is 0.193 e. The quantitative estimate of drug-likeness (QED) is 0.339. The molecule has 0 aliphatic rings. The lowest BCUT2D eigenvalue weighted by Crippen LogP contribution is -2.31. The predicted molar refractivity (Wildman–Crippen MR) is 105 cm³/mol. The highest BCUT2D eigenvalue weighted by atomic mass is 79.9. The number of hydrogen-bond donors (Lipinski definition) is 0. The lowest BCUT2D eigenvalue weighted by molar-refractivity contribution is 0.103. The summed E-state index contributed by atoms with van der Waals surface area (Å²) in [5, 5.41) is 0. The number of nitrogens with zero attached hydrogens (tertiary/aromatic N) is 1. The fourth-order valence-electron chi connectivity index (χ4n) is 2.12. The Morgan fingerprint density at radius 3 is 2.25 bits per heavy atom. The highest BCUT2D eigenvalue weighted by molar-refractivity contribution is 9.10. The van der Waals surface area contributed by atoms with Gasteiger partial charge in [-0.1, -0.05) is 22.0 Å². The SMILES string of the molecule is CC=CC(Oc1ccc(C(=O)c2ccc(Br)cc2)cc1Br)N(C)C. The molecule has 3 nitrogen and oxygen atoms in total. The van der Waals surface area contributed by atoms with Crippen molar-refractivity contribution in [2.45, 2.75) is 13.2 Å². The number of carbonyl (C=O) groups excluding carboxylic acids is 1. The van der Waals surface area contributed by atoms with E-state index in [4.69, 9.17) is 4.74 Å². The van der Waals surface area contributed by atoms with Gasteiger partial charge in [0.05, 0.1) is 4.47 Å². The minimum absolute atomic E-state index is 0.0210. The molecule has 0 N–H and O–H groups in total. The van der Waals surface area contributed by atoms with Crippen LogP contribution in [0, 0.1) is 0 Å². The third-order valence-electron chi connectivity index (χ3n) is 3.41. The zero-order chi connectivity index (χ0) is 17.7. The van der Waals surface area contributed by atoms with Crippen LogP contribution in [0.2, 0.25) is 0 Å². The smallest absolute Gasteiger partial charge is 0.193 e. The molecule has 0 saturated heterocycles. The van der Waals surface area contributed by atoms with E-state index in [0.29, 0.717) is 16.9 Å². The summed E-state index contributed by atoms with van der Waals surface area (Å²) in [6.45, 7) is 1.95. The Morgan fingerprint density at radius 1 is 1.08 bits per heavy atom. The topological polar surface area (TPSA) is 29.5 Å². The van der Waals surface area contributed by atoms with Gasteiger partial charge in [-0.05, 0) is 85.5 Å². The number of carbonyl (C=O) groups is 1. The maximum absolute atomic E-state index is 12.6. The molecule has 0 aliphatic carbocycles. The summed E-state index contributed by atoms with van der Waals surface area (Å²) < 4.78 is 7.68. The number of ether oxygens (including phenoxy) is 1. The lowest BCUT2D eigenvalue weighted by Gasteiger charge is -2.23. The van der Waals surface area contributed by atoms with Gasteiger partial charge in [0, 0.05) is 15.6 Å². The molecule has 5 heteroatoms. The van der Waals surface area contributed by atoms with Crippen molar-refractivity contribution in [2.75, 3.05) is 14.1 Å². The highest BCUT2D eigenvalue weighted by Crippen LogP contribution is 2.28. The van der Waals surface area contributed by atoms with E-state index in [1.165, 1.54) is 0 Å². The molecule has 1 atom stereocenters. The molecular weight excluding hydrogens is 434 g/mol. The largest absolute Gasteiger partial charge is 0.470 e. The van der Waals surface area contributed by atoms with Gasteiger partial charge < -0.3 is 4.74 Å². The number of rotatable bonds is 6. The van der Waals surface area contributed by atoms with E-state index >= 15 is 0 Å². The standard InChI is InChI=1S/C19H19Br2NO2/c1-4-5-18(22(2)3)24-17-11-8-14(12-16(17)21)19(23)13-6-9-15(20)10-7-13/h4-12,18H,1-3H3. The van der Waals surface area contributed by atoms with E-state index in [1.807, 2.05) is 56.3 Å². The van der Waals surface area contributed by atoms with Gasteiger partial charge in [0.15, 0.2) is 12.0 Å². The summed E-state index contributed by atoms with van der Waals surface area (Å²) in [4.78, 5) is 14.5. The van der Waals surface area contributed by atoms with Crippen molar-refractivity contribution in [1.82, 2.24) is 4.90 Å². The van der Waals surface area contributed by atoms with Crippen LogP contribution in [0.25, 0.3) is 0 Å². The predicted octanol–water partition coefficient (Wildman–Crippen LogP) is 5.29. The van der Waals surface area contributed by atoms with Gasteiger partial charge in [0.1, 0.15) is 5.75 Å². The first-order valence-electron chi connectivity index (χ1n) is 7.48. The molecule has 0 aromatic heterocycles. The van der Waals surface area contributed by atoms with Gasteiger partial charge >= 0.3 is 0 Å². The van der Waals surface area contributed by atoms with Crippen LogP contribution >= 0.6 is 31.9 Å². The molecule has 0 saturated carbocycles. The number of allylic oxidation sites excluding steroid dienone is 1. The minimum atomic E-state index is -0.167. The van der Waals surface area contributed by atoms with Gasteiger partial charge in [-0.15, -0.1) is 0 Å². The van der Waals surface area contributed by atoms with Crippen LogP contribution in [0.15, 0.2) is 63.6 Å². The zero-order valence-electron chi connectivity index (χ0n) is 13.8. The number of halogens is 2. The fraction of sp³-hybridized carbons (Fsp3) is 0.211. The molecule has 126 valence electrons. The van der Waals surface area contributed by atoms with Gasteiger partial charge in [0.2, 0.25) is 0 Å². The van der Waals surface area contributed by atoms with Gasteiger partial charge in [-0.2, -0.15) is 0 Å². The molecule has 0 aliphatic heterocycles. The molecule has 1 unspecified atom stereocenters. The van der Waals surface area contributed by atoms with Gasteiger partial charge in [-0.25, -0.2) is 0 Å². The average Bonchev–Trinajstić information content (AvgIpc) is 2.56. The number of benzene rings is 2. The van der Waals surface area contributed by atoms with Crippen molar-refractivity contribution in [2.24, 2.45) is 0 Å². The molecule has 0 fully saturated rings. The zero-order valence-corrected chi connectivity index (χ0v) is 17.0. The van der Waals surface area contributed by atoms with Crippen molar-refractivity contribution in [3.05, 3.63) is 74.7 Å². The lowest BCUT2D eigenvalue weighted by atomic mass is 10.0. The maximum atomic E-state index is 12.6. The van der Waals surface area contributed by atoms with Crippen LogP contribution in [0.4, 0.5) is 0 Å². The molecule has 0 bridgehead atoms. The average molecular weight is 453 g/mol. The van der Waals surface area contributed by atoms with Crippen molar-refractivity contribution >= 4 is 37.6 Å². The van der Waals surface area contributed by atoms with Gasteiger partial charge in [0.25, 0.3) is 0 Å². The van der Waals surface area contributed by atoms with Crippen LogP contribution in [-0.2, 0) is 0 Å². The molecule has 24 heavy (non-hydrogen) atoms. The second-order valence-corrected chi connectivity index (χ2v) is 7.25. The third-order valence-corrected chi connectivity index (χ3v) is 4.56. The summed E-state index contributed by atoms with van der Waals surface area (Å²) in [5.41, 5.74) is 1.27. The summed E-state index contributed by atoms with van der Waals surface area (Å²) in [6.07, 6.45) is 3.75. The molecule has 2 rings (SSSR count). The fourth-order valence-corrected chi connectivity index (χ4v) is 2.85. The first kappa shape index (κ1) is 18.9. The number of hydrogen-bond acceptors (Lipinski definition) is 3. The van der Waals surface area contributed by atoms with E-state index in [0.717, 1.165) is 8.95 Å². The van der Waals surface area contributed by atoms with Crippen molar-refractivity contribution in [1.29, 1.82) is 0 Å². The van der Waals surface area contributed by atoms with Crippen LogP contribution in [0.3, 0.4) is 0 Å². The summed E-state index contributed by atoms with van der Waals surface area (Å²) >= 11 is 6.88. The summed E-state index contributed by atoms with van der Waals surface area (Å²) in [6, 6.07) is 12.7. The van der Waals surface area contributed by atoms with E-state index in [1.54, 1.807) is 24.3 Å². The first-order valence-corrected chi connectivity index (χ1v) is 9.06. The Balaban J connectivity index is 2.23. The van der Waals surface area contributed by atoms with E-state index in [-0.39, 0.29) is 12.0 Å². The second kappa shape index (κ2) is 8.60. The van der Waals surface area contributed by atoms with Crippen molar-refractivity contribution < 1.29 is 9.53 Å². The molecule has 0 amide bonds. The highest BCUT2D eigenvalue weighted by Gasteiger charge is 2.14. The Hall–Kier alpha value is -1.43. The second-order valence-electron chi connectivity index (χ2n) is 5.48. The Bertz CT molecular complexity index is 740. The normalized spacial score (nSPS) is 12.6. The third kappa shape index (κ3) is 4.79. The number of ketones is 1. The Kier molecular flexibility index (Phi) is 6.78. The first-order chi connectivity index (χ1) is 11.4. The summed E-state index contributed by atoms with van der Waals surface area (Å²) in [7, 11) is 3.90. The van der Waals surface area contributed by atoms with E-state index in [9.17, 15) is 4.79 Å². The monoisotopic (exact) mass is 451 g/mol. The Labute approximate surface area is 159 Å². The van der Waals surface area contributed by atoms with E-state index in [2.05, 4.69) is 31.9 Å². The van der Waals surface area contributed by atoms with Crippen LogP contribution < -0.4 is 4.74 Å². The molecule has 0 radical (unpaired) electrons. The molecular formula is C19H19Br2NO2. The van der Waals surface area contributed by atoms with E-state index < -0.39 is 0 Å². The minimum Gasteiger partial charge on any atom is -0.470 e. The molecule has 2 aromatic rings. The van der Waals surface area contributed by atoms with Gasteiger partial charge in [-0.3, -0.25) is 9.69 Å². The van der Waals surface area contributed by atoms with Crippen molar-refractivity contribution in [3.63, 3.8) is 0 Å². The number of likely N-dealkylation sites (N-methyl/N-ethyl adjacent to an activating group) is 1. The summed E-state index contributed by atoms with van der Waals surface area (Å²) in [5.74, 6) is 0.673. The van der Waals surface area contributed by atoms with Crippen molar-refractivity contribution in [3.8, 4) is 5.75 Å². The molecule has 2 aromatic carbocycles. The van der Waals surface area contributed by atoms with Crippen LogP contribution in [0.5, 0.6) is 5.75 Å². The Morgan fingerprint density at radius 2 is 1.71 bits per heavy atom.